The second kappa shape index (κ2) is 8.26. The van der Waals surface area contributed by atoms with Crippen molar-refractivity contribution in [3.63, 3.8) is 0 Å². The number of hydrogen-bond acceptors (Lipinski definition) is 7. The largest absolute Gasteiger partial charge is 0.371 e. The average molecular weight is 392 g/mol. The maximum atomic E-state index is 14.5. The van der Waals surface area contributed by atoms with Gasteiger partial charge in [-0.1, -0.05) is 12.1 Å². The van der Waals surface area contributed by atoms with Gasteiger partial charge in [-0.15, -0.1) is 0 Å². The number of carbonyl (C=O) groups excluding carboxylic acids is 1. The first-order chi connectivity index (χ1) is 14.1. The zero-order valence-corrected chi connectivity index (χ0v) is 15.4. The van der Waals surface area contributed by atoms with Gasteiger partial charge in [0.05, 0.1) is 36.9 Å². The molecule has 1 saturated heterocycles. The van der Waals surface area contributed by atoms with Crippen molar-refractivity contribution in [1.29, 1.82) is 5.26 Å². The van der Waals surface area contributed by atoms with Crippen molar-refractivity contribution in [3.05, 3.63) is 71.2 Å². The number of morpholine rings is 1. The van der Waals surface area contributed by atoms with Crippen molar-refractivity contribution < 1.29 is 13.9 Å². The van der Waals surface area contributed by atoms with Crippen LogP contribution < -0.4 is 5.32 Å². The Kier molecular flexibility index (Phi) is 5.37. The third-order valence-electron chi connectivity index (χ3n) is 4.60. The Bertz CT molecular complexity index is 1070. The van der Waals surface area contributed by atoms with Gasteiger partial charge in [0.25, 0.3) is 0 Å². The van der Waals surface area contributed by atoms with Crippen LogP contribution in [0.1, 0.15) is 33.3 Å². The molecule has 1 aliphatic heterocycles. The second-order valence-corrected chi connectivity index (χ2v) is 6.56. The van der Waals surface area contributed by atoms with Crippen molar-refractivity contribution in [3.8, 4) is 11.9 Å². The molecule has 1 aromatic carbocycles. The van der Waals surface area contributed by atoms with Crippen LogP contribution in [0, 0.1) is 17.1 Å². The first-order valence-electron chi connectivity index (χ1n) is 9.05. The van der Waals surface area contributed by atoms with E-state index in [4.69, 9.17) is 10.00 Å². The first-order valence-corrected chi connectivity index (χ1v) is 9.05. The van der Waals surface area contributed by atoms with Gasteiger partial charge in [-0.25, -0.2) is 19.0 Å². The Hall–Kier alpha value is -3.48. The lowest BCUT2D eigenvalue weighted by Gasteiger charge is -2.24. The molecule has 0 amide bonds. The summed E-state index contributed by atoms with van der Waals surface area (Å²) in [6.07, 6.45) is 5.41. The summed E-state index contributed by atoms with van der Waals surface area (Å²) in [5, 5.41) is 16.1. The molecule has 0 spiro atoms. The van der Waals surface area contributed by atoms with Crippen molar-refractivity contribution in [2.75, 3.05) is 19.7 Å². The molecule has 2 aromatic heterocycles. The molecule has 0 radical (unpaired) electrons. The van der Waals surface area contributed by atoms with Crippen LogP contribution in [0.4, 0.5) is 4.39 Å². The molecular formula is C20H17FN6O2. The van der Waals surface area contributed by atoms with Gasteiger partial charge >= 0.3 is 0 Å². The van der Waals surface area contributed by atoms with Crippen LogP contribution in [-0.2, 0) is 11.2 Å². The van der Waals surface area contributed by atoms with Gasteiger partial charge in [0.2, 0.25) is 0 Å². The molecule has 1 aliphatic rings. The highest BCUT2D eigenvalue weighted by Crippen LogP contribution is 2.23. The minimum atomic E-state index is -0.382. The lowest BCUT2D eigenvalue weighted by Crippen LogP contribution is -2.33. The number of rotatable bonds is 5. The molecule has 0 bridgehead atoms. The van der Waals surface area contributed by atoms with Gasteiger partial charge in [-0.2, -0.15) is 10.4 Å². The predicted octanol–water partition coefficient (Wildman–Crippen LogP) is 1.76. The lowest BCUT2D eigenvalue weighted by molar-refractivity contribution is 0.0255. The van der Waals surface area contributed by atoms with E-state index in [2.05, 4.69) is 20.4 Å². The van der Waals surface area contributed by atoms with Crippen LogP contribution in [-0.4, -0.2) is 45.2 Å². The summed E-state index contributed by atoms with van der Waals surface area (Å²) in [6.45, 7) is 1.86. The van der Waals surface area contributed by atoms with E-state index in [-0.39, 0.29) is 29.8 Å². The number of nitrogens with zero attached hydrogens (tertiary/aromatic N) is 5. The van der Waals surface area contributed by atoms with Crippen molar-refractivity contribution >= 4 is 5.78 Å². The fourth-order valence-electron chi connectivity index (χ4n) is 3.08. The van der Waals surface area contributed by atoms with Gasteiger partial charge in [0.15, 0.2) is 17.3 Å². The van der Waals surface area contributed by atoms with E-state index in [0.717, 1.165) is 6.54 Å². The first kappa shape index (κ1) is 18.9. The molecule has 4 rings (SSSR count). The molecule has 146 valence electrons. The molecule has 1 fully saturated rings. The number of nitriles is 1. The number of aromatic nitrogens is 4. The molecule has 0 saturated carbocycles. The van der Waals surface area contributed by atoms with Crippen molar-refractivity contribution in [2.24, 2.45) is 0 Å². The number of ether oxygens (including phenoxy) is 1. The van der Waals surface area contributed by atoms with Crippen LogP contribution in [0.3, 0.4) is 0 Å². The van der Waals surface area contributed by atoms with E-state index in [0.29, 0.717) is 35.7 Å². The molecule has 8 nitrogen and oxygen atoms in total. The fraction of sp³-hybridized carbons (Fsp3) is 0.250. The standard InChI is InChI=1S/C20H17FN6O2/c21-17-5-13(1-2-16(17)19-10-23-3-4-29-19)6-18(28)14-8-26-27(12-14)20-11-24-15(7-22)9-25-20/h1-2,5,8-9,11-12,19,23H,3-4,6,10H2/t19-/m1/s1. The number of nitrogens with one attached hydrogen (secondary N) is 1. The monoisotopic (exact) mass is 392 g/mol. The van der Waals surface area contributed by atoms with E-state index in [1.165, 1.54) is 35.5 Å². The van der Waals surface area contributed by atoms with Crippen LogP contribution in [0.5, 0.6) is 0 Å². The Morgan fingerprint density at radius 2 is 2.24 bits per heavy atom. The Labute approximate surface area is 166 Å². The quantitative estimate of drug-likeness (QED) is 0.660. The molecule has 29 heavy (non-hydrogen) atoms. The van der Waals surface area contributed by atoms with Crippen LogP contribution in [0.15, 0.2) is 43.0 Å². The second-order valence-electron chi connectivity index (χ2n) is 6.56. The summed E-state index contributed by atoms with van der Waals surface area (Å²) in [7, 11) is 0. The van der Waals surface area contributed by atoms with E-state index in [1.54, 1.807) is 12.1 Å². The molecule has 0 unspecified atom stereocenters. The van der Waals surface area contributed by atoms with Crippen LogP contribution >= 0.6 is 0 Å². The predicted molar refractivity (Wildman–Crippen MR) is 99.9 cm³/mol. The van der Waals surface area contributed by atoms with Crippen molar-refractivity contribution in [2.45, 2.75) is 12.5 Å². The minimum absolute atomic E-state index is 0.0473. The topological polar surface area (TPSA) is 106 Å². The normalized spacial score (nSPS) is 16.3. The van der Waals surface area contributed by atoms with Crippen LogP contribution in [0.25, 0.3) is 5.82 Å². The third kappa shape index (κ3) is 4.18. The van der Waals surface area contributed by atoms with E-state index in [9.17, 15) is 9.18 Å². The Morgan fingerprint density at radius 1 is 1.34 bits per heavy atom. The molecule has 3 heterocycles. The van der Waals surface area contributed by atoms with Gasteiger partial charge in [0, 0.05) is 31.3 Å². The Morgan fingerprint density at radius 3 is 2.93 bits per heavy atom. The SMILES string of the molecule is N#Cc1cnc(-n2cc(C(=O)Cc3ccc([C@H]4CNCCO4)c(F)c3)cn2)cn1. The maximum Gasteiger partial charge on any atom is 0.171 e. The number of benzene rings is 1. The van der Waals surface area contributed by atoms with E-state index < -0.39 is 0 Å². The van der Waals surface area contributed by atoms with Gasteiger partial charge in [-0.05, 0) is 11.6 Å². The Balaban J connectivity index is 1.46. The zero-order valence-electron chi connectivity index (χ0n) is 15.4. The highest BCUT2D eigenvalue weighted by Gasteiger charge is 2.20. The number of Topliss-reactive ketones (excluding diaryl/α,β-unsaturated/α-hetero) is 1. The van der Waals surface area contributed by atoms with Gasteiger partial charge in [0.1, 0.15) is 11.9 Å². The van der Waals surface area contributed by atoms with E-state index in [1.807, 2.05) is 6.07 Å². The number of carbonyl (C=O) groups is 1. The molecule has 1 atom stereocenters. The molecule has 0 aliphatic carbocycles. The number of ketones is 1. The fourth-order valence-corrected chi connectivity index (χ4v) is 3.08. The van der Waals surface area contributed by atoms with E-state index >= 15 is 0 Å². The van der Waals surface area contributed by atoms with Crippen molar-refractivity contribution in [1.82, 2.24) is 25.1 Å². The molecule has 9 heteroatoms. The highest BCUT2D eigenvalue weighted by atomic mass is 19.1. The van der Waals surface area contributed by atoms with Gasteiger partial charge in [-0.3, -0.25) is 4.79 Å². The summed E-state index contributed by atoms with van der Waals surface area (Å²) in [6, 6.07) is 6.68. The summed E-state index contributed by atoms with van der Waals surface area (Å²) >= 11 is 0. The molecule has 1 N–H and O–H groups in total. The number of halogens is 1. The van der Waals surface area contributed by atoms with Gasteiger partial charge < -0.3 is 10.1 Å². The molecule has 3 aromatic rings. The third-order valence-corrected chi connectivity index (χ3v) is 4.60. The average Bonchev–Trinajstić information content (AvgIpc) is 3.25. The summed E-state index contributed by atoms with van der Waals surface area (Å²) in [5.41, 5.74) is 1.63. The summed E-state index contributed by atoms with van der Waals surface area (Å²) in [5.74, 6) is -0.187. The smallest absolute Gasteiger partial charge is 0.171 e. The van der Waals surface area contributed by atoms with Crippen LogP contribution in [0.2, 0.25) is 0 Å². The molecular weight excluding hydrogens is 375 g/mol. The number of hydrogen-bond donors (Lipinski definition) is 1. The minimum Gasteiger partial charge on any atom is -0.371 e. The lowest BCUT2D eigenvalue weighted by atomic mass is 10.0. The maximum absolute atomic E-state index is 14.5. The summed E-state index contributed by atoms with van der Waals surface area (Å²) < 4.78 is 21.5. The zero-order chi connectivity index (χ0) is 20.2. The summed E-state index contributed by atoms with van der Waals surface area (Å²) in [4.78, 5) is 20.6. The highest BCUT2D eigenvalue weighted by molar-refractivity contribution is 5.97.